The molecule has 0 unspecified atom stereocenters. The summed E-state index contributed by atoms with van der Waals surface area (Å²) in [4.78, 5) is 39.9. The van der Waals surface area contributed by atoms with E-state index >= 15 is 0 Å². The Labute approximate surface area is 145 Å². The molecule has 1 saturated heterocycles. The molecule has 1 aliphatic rings. The summed E-state index contributed by atoms with van der Waals surface area (Å²) in [6.07, 6.45) is 0.778. The van der Waals surface area contributed by atoms with E-state index in [2.05, 4.69) is 0 Å². The van der Waals surface area contributed by atoms with Crippen LogP contribution in [0.4, 0.5) is 5.69 Å². The zero-order valence-electron chi connectivity index (χ0n) is 13.7. The van der Waals surface area contributed by atoms with E-state index in [1.807, 2.05) is 0 Å². The number of methoxy groups -OCH3 is 1. The first kappa shape index (κ1) is 18.1. The molecule has 2 rings (SSSR count). The minimum atomic E-state index is -0.282. The summed E-state index contributed by atoms with van der Waals surface area (Å²) in [5, 5.41) is 0.448. The number of carbonyl (C=O) groups excluding carboxylic acids is 3. The van der Waals surface area contributed by atoms with Crippen molar-refractivity contribution in [2.45, 2.75) is 6.92 Å². The molecule has 0 spiro atoms. The lowest BCUT2D eigenvalue weighted by atomic mass is 10.2. The van der Waals surface area contributed by atoms with E-state index in [1.165, 1.54) is 18.9 Å². The molecule has 1 aromatic carbocycles. The molecule has 24 heavy (non-hydrogen) atoms. The van der Waals surface area contributed by atoms with Crippen LogP contribution < -0.4 is 9.64 Å². The van der Waals surface area contributed by atoms with Gasteiger partial charge in [0.2, 0.25) is 18.2 Å². The first-order valence-corrected chi connectivity index (χ1v) is 7.93. The van der Waals surface area contributed by atoms with Gasteiger partial charge in [-0.3, -0.25) is 19.3 Å². The number of amides is 3. The molecule has 7 nitrogen and oxygen atoms in total. The van der Waals surface area contributed by atoms with Crippen molar-refractivity contribution >= 4 is 35.5 Å². The molecule has 0 bridgehead atoms. The van der Waals surface area contributed by atoms with Crippen LogP contribution in [0.3, 0.4) is 0 Å². The van der Waals surface area contributed by atoms with Crippen LogP contribution in [0.25, 0.3) is 0 Å². The molecule has 8 heteroatoms. The van der Waals surface area contributed by atoms with Crippen LogP contribution in [-0.4, -0.2) is 67.9 Å². The SMILES string of the molecule is COc1ccc(Cl)cc1N(CC(=O)N1CCN(C=O)CC1)C(C)=O. The number of halogens is 1. The summed E-state index contributed by atoms with van der Waals surface area (Å²) < 4.78 is 5.26. The molecule has 0 radical (unpaired) electrons. The Hall–Kier alpha value is -2.28. The van der Waals surface area contributed by atoms with Gasteiger partial charge in [0, 0.05) is 38.1 Å². The van der Waals surface area contributed by atoms with Crippen LogP contribution in [-0.2, 0) is 14.4 Å². The standard InChI is InChI=1S/C16H20ClN3O4/c1-12(22)20(14-9-13(17)3-4-15(14)24-2)10-16(23)19-7-5-18(11-21)6-8-19/h3-4,9,11H,5-8,10H2,1-2H3. The van der Waals surface area contributed by atoms with Crippen LogP contribution >= 0.6 is 11.6 Å². The predicted molar refractivity (Wildman–Crippen MR) is 90.2 cm³/mol. The van der Waals surface area contributed by atoms with E-state index in [-0.39, 0.29) is 18.4 Å². The lowest BCUT2D eigenvalue weighted by molar-refractivity contribution is -0.134. The molecular weight excluding hydrogens is 334 g/mol. The third kappa shape index (κ3) is 4.17. The van der Waals surface area contributed by atoms with Crippen LogP contribution in [0.1, 0.15) is 6.92 Å². The van der Waals surface area contributed by atoms with E-state index in [4.69, 9.17) is 16.3 Å². The van der Waals surface area contributed by atoms with Gasteiger partial charge >= 0.3 is 0 Å². The van der Waals surface area contributed by atoms with Crippen LogP contribution in [0, 0.1) is 0 Å². The molecule has 1 aromatic rings. The van der Waals surface area contributed by atoms with Crippen LogP contribution in [0.5, 0.6) is 5.75 Å². The highest BCUT2D eigenvalue weighted by Gasteiger charge is 2.25. The Morgan fingerprint density at radius 3 is 2.50 bits per heavy atom. The van der Waals surface area contributed by atoms with Gasteiger partial charge in [0.25, 0.3) is 0 Å². The molecule has 0 saturated carbocycles. The number of rotatable bonds is 5. The Balaban J connectivity index is 2.15. The maximum absolute atomic E-state index is 12.5. The maximum atomic E-state index is 12.5. The minimum Gasteiger partial charge on any atom is -0.495 e. The predicted octanol–water partition coefficient (Wildman–Crippen LogP) is 1.00. The van der Waals surface area contributed by atoms with Crippen molar-refractivity contribution in [3.8, 4) is 5.75 Å². The summed E-state index contributed by atoms with van der Waals surface area (Å²) in [7, 11) is 1.49. The molecule has 0 aliphatic carbocycles. The van der Waals surface area contributed by atoms with Gasteiger partial charge in [-0.05, 0) is 18.2 Å². The number of benzene rings is 1. The largest absolute Gasteiger partial charge is 0.495 e. The first-order valence-electron chi connectivity index (χ1n) is 7.55. The number of carbonyl (C=O) groups is 3. The molecule has 0 aromatic heterocycles. The van der Waals surface area contributed by atoms with Crippen molar-refractivity contribution in [3.05, 3.63) is 23.2 Å². The van der Waals surface area contributed by atoms with Crippen molar-refractivity contribution in [3.63, 3.8) is 0 Å². The van der Waals surface area contributed by atoms with Crippen LogP contribution in [0.15, 0.2) is 18.2 Å². The van der Waals surface area contributed by atoms with Gasteiger partial charge in [0.05, 0.1) is 12.8 Å². The number of ether oxygens (including phenoxy) is 1. The second kappa shape index (κ2) is 8.01. The van der Waals surface area contributed by atoms with Gasteiger partial charge in [-0.2, -0.15) is 0 Å². The number of piperazine rings is 1. The molecular formula is C16H20ClN3O4. The molecule has 3 amide bonds. The summed E-state index contributed by atoms with van der Waals surface area (Å²) in [5.74, 6) is 0.00129. The summed E-state index contributed by atoms with van der Waals surface area (Å²) in [6.45, 7) is 3.18. The van der Waals surface area contributed by atoms with E-state index in [0.717, 1.165) is 6.41 Å². The van der Waals surface area contributed by atoms with E-state index in [1.54, 1.807) is 28.0 Å². The molecule has 130 valence electrons. The second-order valence-electron chi connectivity index (χ2n) is 5.44. The lowest BCUT2D eigenvalue weighted by Gasteiger charge is -2.34. The van der Waals surface area contributed by atoms with Crippen molar-refractivity contribution in [2.75, 3.05) is 44.7 Å². The Bertz CT molecular complexity index is 630. The highest BCUT2D eigenvalue weighted by molar-refractivity contribution is 6.31. The first-order chi connectivity index (χ1) is 11.5. The summed E-state index contributed by atoms with van der Waals surface area (Å²) in [6, 6.07) is 4.91. The van der Waals surface area contributed by atoms with Gasteiger partial charge in [0.1, 0.15) is 12.3 Å². The van der Waals surface area contributed by atoms with Gasteiger partial charge in [-0.25, -0.2) is 0 Å². The van der Waals surface area contributed by atoms with Gasteiger partial charge in [-0.1, -0.05) is 11.6 Å². The zero-order chi connectivity index (χ0) is 17.7. The number of anilines is 1. The molecule has 1 aliphatic heterocycles. The monoisotopic (exact) mass is 353 g/mol. The highest BCUT2D eigenvalue weighted by Crippen LogP contribution is 2.31. The molecule has 1 fully saturated rings. The number of nitrogens with zero attached hydrogens (tertiary/aromatic N) is 3. The quantitative estimate of drug-likeness (QED) is 0.740. The highest BCUT2D eigenvalue weighted by atomic mass is 35.5. The van der Waals surface area contributed by atoms with Gasteiger partial charge < -0.3 is 14.5 Å². The van der Waals surface area contributed by atoms with Crippen LogP contribution in [0.2, 0.25) is 5.02 Å². The topological polar surface area (TPSA) is 70.2 Å². The van der Waals surface area contributed by atoms with Gasteiger partial charge in [-0.15, -0.1) is 0 Å². The third-order valence-corrected chi connectivity index (χ3v) is 4.16. The smallest absolute Gasteiger partial charge is 0.242 e. The van der Waals surface area contributed by atoms with E-state index in [0.29, 0.717) is 42.6 Å². The number of hydrogen-bond acceptors (Lipinski definition) is 4. The third-order valence-electron chi connectivity index (χ3n) is 3.92. The summed E-state index contributed by atoms with van der Waals surface area (Å²) >= 11 is 6.01. The zero-order valence-corrected chi connectivity index (χ0v) is 14.5. The maximum Gasteiger partial charge on any atom is 0.242 e. The average Bonchev–Trinajstić information content (AvgIpc) is 2.59. The second-order valence-corrected chi connectivity index (χ2v) is 5.88. The molecule has 0 N–H and O–H groups in total. The van der Waals surface area contributed by atoms with Crippen molar-refractivity contribution in [2.24, 2.45) is 0 Å². The van der Waals surface area contributed by atoms with E-state index in [9.17, 15) is 14.4 Å². The van der Waals surface area contributed by atoms with E-state index < -0.39 is 0 Å². The Kier molecular flexibility index (Phi) is 6.03. The Morgan fingerprint density at radius 1 is 1.29 bits per heavy atom. The molecule has 0 atom stereocenters. The van der Waals surface area contributed by atoms with Crippen molar-refractivity contribution < 1.29 is 19.1 Å². The summed E-state index contributed by atoms with van der Waals surface area (Å²) in [5.41, 5.74) is 0.456. The number of hydrogen-bond donors (Lipinski definition) is 0. The fourth-order valence-electron chi connectivity index (χ4n) is 2.55. The average molecular weight is 354 g/mol. The van der Waals surface area contributed by atoms with Crippen molar-refractivity contribution in [1.29, 1.82) is 0 Å². The minimum absolute atomic E-state index is 0.104. The van der Waals surface area contributed by atoms with Gasteiger partial charge in [0.15, 0.2) is 0 Å². The Morgan fingerprint density at radius 2 is 1.96 bits per heavy atom. The van der Waals surface area contributed by atoms with Crippen molar-refractivity contribution in [1.82, 2.24) is 9.80 Å². The fraction of sp³-hybridized carbons (Fsp3) is 0.438. The fourth-order valence-corrected chi connectivity index (χ4v) is 2.72. The molecule has 1 heterocycles. The lowest BCUT2D eigenvalue weighted by Crippen LogP contribution is -2.51. The normalized spacial score (nSPS) is 14.3.